The molecule has 3 aromatic carbocycles. The number of hydrogen-bond donors (Lipinski definition) is 0. The molecule has 0 bridgehead atoms. The molecule has 0 amide bonds. The van der Waals surface area contributed by atoms with Crippen LogP contribution in [-0.2, 0) is 6.37 Å². The van der Waals surface area contributed by atoms with E-state index in [1.165, 1.54) is 17.5 Å². The highest BCUT2D eigenvalue weighted by Crippen LogP contribution is 2.41. The fourth-order valence-electron chi connectivity index (χ4n) is 3.82. The van der Waals surface area contributed by atoms with E-state index in [0.717, 1.165) is 37.2 Å². The van der Waals surface area contributed by atoms with Crippen molar-refractivity contribution in [1.29, 1.82) is 0 Å². The van der Waals surface area contributed by atoms with Gasteiger partial charge in [0, 0.05) is 34.7 Å². The van der Waals surface area contributed by atoms with Crippen molar-refractivity contribution in [1.82, 2.24) is 4.98 Å². The van der Waals surface area contributed by atoms with E-state index in [1.54, 1.807) is 35.7 Å². The van der Waals surface area contributed by atoms with Crippen LogP contribution >= 0.6 is 11.3 Å². The number of thiophene rings is 1. The number of rotatable bonds is 4. The minimum Gasteiger partial charge on any atom is -0.256 e. The topological polar surface area (TPSA) is 12.9 Å². The van der Waals surface area contributed by atoms with Gasteiger partial charge in [-0.2, -0.15) is 0 Å². The van der Waals surface area contributed by atoms with E-state index < -0.39 is 6.37 Å². The normalized spacial score (nSPS) is 13.1. The Kier molecular flexibility index (Phi) is 4.27. The second-order valence-corrected chi connectivity index (χ2v) is 8.78. The summed E-state index contributed by atoms with van der Waals surface area (Å²) in [5, 5.41) is 2.33. The number of pyridine rings is 1. The van der Waals surface area contributed by atoms with Gasteiger partial charge >= 0.3 is 0 Å². The highest BCUT2D eigenvalue weighted by atomic mass is 32.1. The Balaban J connectivity index is 1.65. The Morgan fingerprint density at radius 2 is 1.73 bits per heavy atom. The van der Waals surface area contributed by atoms with E-state index in [4.69, 9.17) is 2.74 Å². The predicted octanol–water partition coefficient (Wildman–Crippen LogP) is 8.12. The highest BCUT2D eigenvalue weighted by molar-refractivity contribution is 7.26. The molecule has 0 unspecified atom stereocenters. The predicted molar refractivity (Wildman–Crippen MR) is 126 cm³/mol. The quantitative estimate of drug-likeness (QED) is 0.290. The summed E-state index contributed by atoms with van der Waals surface area (Å²) in [5.41, 5.74) is 4.47. The first-order valence-electron chi connectivity index (χ1n) is 11.0. The van der Waals surface area contributed by atoms with Crippen LogP contribution in [0.4, 0.5) is 4.39 Å². The van der Waals surface area contributed by atoms with Gasteiger partial charge in [0.15, 0.2) is 0 Å². The van der Waals surface area contributed by atoms with E-state index in [1.807, 2.05) is 26.0 Å². The number of aromatic nitrogens is 1. The molecule has 148 valence electrons. The van der Waals surface area contributed by atoms with Gasteiger partial charge in [0.1, 0.15) is 5.82 Å². The van der Waals surface area contributed by atoms with Crippen LogP contribution in [0, 0.1) is 11.7 Å². The van der Waals surface area contributed by atoms with Gasteiger partial charge in [0.2, 0.25) is 0 Å². The number of hydrogen-bond acceptors (Lipinski definition) is 2. The lowest BCUT2D eigenvalue weighted by Crippen LogP contribution is -1.95. The molecule has 0 radical (unpaired) electrons. The van der Waals surface area contributed by atoms with Gasteiger partial charge in [-0.3, -0.25) is 4.98 Å². The molecule has 1 nitrogen and oxygen atoms in total. The molecule has 0 saturated carbocycles. The average Bonchev–Trinajstić information content (AvgIpc) is 3.17. The molecule has 5 aromatic rings. The molecular weight excluding hydrogens is 389 g/mol. The van der Waals surface area contributed by atoms with Crippen molar-refractivity contribution < 1.29 is 7.13 Å². The van der Waals surface area contributed by atoms with Gasteiger partial charge in [-0.05, 0) is 59.3 Å². The Morgan fingerprint density at radius 1 is 0.933 bits per heavy atom. The van der Waals surface area contributed by atoms with E-state index in [2.05, 4.69) is 35.3 Å². The summed E-state index contributed by atoms with van der Waals surface area (Å²) < 4.78 is 32.5. The second-order valence-electron chi connectivity index (χ2n) is 7.73. The molecule has 3 heteroatoms. The van der Waals surface area contributed by atoms with Crippen molar-refractivity contribution in [3.63, 3.8) is 0 Å². The molecule has 5 rings (SSSR count). The van der Waals surface area contributed by atoms with Crippen molar-refractivity contribution >= 4 is 31.5 Å². The smallest absolute Gasteiger partial charge is 0.123 e. The maximum absolute atomic E-state index is 13.3. The van der Waals surface area contributed by atoms with Crippen LogP contribution in [0.2, 0.25) is 0 Å². The zero-order chi connectivity index (χ0) is 22.5. The van der Waals surface area contributed by atoms with Crippen LogP contribution in [-0.4, -0.2) is 4.98 Å². The third-order valence-electron chi connectivity index (χ3n) is 5.17. The molecule has 0 fully saturated rings. The molecule has 0 atom stereocenters. The largest absolute Gasteiger partial charge is 0.256 e. The standard InChI is InChI=1S/C27H22FNS/c1-17(2)14-18-12-13-29-25(15-18)24-5-3-4-23-22-11-8-20(16-26(22)30-27(23)24)19-6-9-21(28)10-7-19/h3-13,15-17H,14H2,1-2H3/i14D2. The first kappa shape index (κ1) is 16.7. The maximum Gasteiger partial charge on any atom is 0.123 e. The van der Waals surface area contributed by atoms with Crippen molar-refractivity contribution in [3.8, 4) is 22.4 Å². The van der Waals surface area contributed by atoms with Crippen LogP contribution in [0.5, 0.6) is 0 Å². The highest BCUT2D eigenvalue weighted by Gasteiger charge is 2.12. The third-order valence-corrected chi connectivity index (χ3v) is 6.37. The first-order valence-corrected chi connectivity index (χ1v) is 10.8. The van der Waals surface area contributed by atoms with Gasteiger partial charge in [0.05, 0.1) is 5.69 Å². The lowest BCUT2D eigenvalue weighted by atomic mass is 10.00. The summed E-state index contributed by atoms with van der Waals surface area (Å²) in [7, 11) is 0. The van der Waals surface area contributed by atoms with Crippen molar-refractivity contribution in [3.05, 3.63) is 90.4 Å². The summed E-state index contributed by atoms with van der Waals surface area (Å²) in [4.78, 5) is 4.58. The summed E-state index contributed by atoms with van der Waals surface area (Å²) in [6, 6.07) is 22.8. The molecule has 2 aromatic heterocycles. The Bertz CT molecular complexity index is 1440. The lowest BCUT2D eigenvalue weighted by molar-refractivity contribution is 0.628. The van der Waals surface area contributed by atoms with E-state index >= 15 is 0 Å². The first-order chi connectivity index (χ1) is 15.3. The molecule has 2 heterocycles. The SMILES string of the molecule is [2H]C([2H])(c1ccnc(-c2cccc3c2sc2cc(-c4ccc(F)cc4)ccc23)c1)C(C)C. The van der Waals surface area contributed by atoms with Crippen LogP contribution < -0.4 is 0 Å². The number of fused-ring (bicyclic) bond motifs is 3. The monoisotopic (exact) mass is 413 g/mol. The number of halogens is 1. The van der Waals surface area contributed by atoms with Gasteiger partial charge in [-0.15, -0.1) is 11.3 Å². The van der Waals surface area contributed by atoms with Crippen molar-refractivity contribution in [2.45, 2.75) is 20.2 Å². The molecule has 0 aliphatic heterocycles. The molecule has 0 aliphatic carbocycles. The van der Waals surface area contributed by atoms with Crippen LogP contribution in [0.3, 0.4) is 0 Å². The van der Waals surface area contributed by atoms with Gasteiger partial charge in [-0.1, -0.05) is 56.3 Å². The van der Waals surface area contributed by atoms with Gasteiger partial charge < -0.3 is 0 Å². The molecule has 0 saturated heterocycles. The number of benzene rings is 3. The zero-order valence-electron chi connectivity index (χ0n) is 18.8. The third kappa shape index (κ3) is 3.50. The Hall–Kier alpha value is -3.04. The molecular formula is C27H22FNS. The minimum absolute atomic E-state index is 0.136. The van der Waals surface area contributed by atoms with E-state index in [9.17, 15) is 4.39 Å². The molecule has 0 N–H and O–H groups in total. The van der Waals surface area contributed by atoms with Crippen molar-refractivity contribution in [2.75, 3.05) is 0 Å². The average molecular weight is 414 g/mol. The fraction of sp³-hybridized carbons (Fsp3) is 0.148. The summed E-state index contributed by atoms with van der Waals surface area (Å²) in [6.07, 6.45) is 0.277. The Labute approximate surface area is 182 Å². The van der Waals surface area contributed by atoms with Crippen LogP contribution in [0.1, 0.15) is 22.2 Å². The van der Waals surface area contributed by atoms with E-state index in [-0.39, 0.29) is 11.7 Å². The number of nitrogens with zero attached hydrogens (tertiary/aromatic N) is 1. The van der Waals surface area contributed by atoms with Crippen molar-refractivity contribution in [2.24, 2.45) is 5.92 Å². The van der Waals surface area contributed by atoms with Crippen LogP contribution in [0.15, 0.2) is 79.0 Å². The summed E-state index contributed by atoms with van der Waals surface area (Å²) in [6.45, 7) is 3.79. The summed E-state index contributed by atoms with van der Waals surface area (Å²) in [5.74, 6) is -0.374. The fourth-order valence-corrected chi connectivity index (χ4v) is 5.09. The molecule has 0 spiro atoms. The lowest BCUT2D eigenvalue weighted by Gasteiger charge is -2.08. The molecule has 30 heavy (non-hydrogen) atoms. The van der Waals surface area contributed by atoms with Gasteiger partial charge in [0.25, 0.3) is 0 Å². The maximum atomic E-state index is 13.3. The molecule has 0 aliphatic rings. The van der Waals surface area contributed by atoms with Crippen LogP contribution in [0.25, 0.3) is 42.6 Å². The second kappa shape index (κ2) is 7.66. The summed E-state index contributed by atoms with van der Waals surface area (Å²) >= 11 is 1.71. The van der Waals surface area contributed by atoms with E-state index in [0.29, 0.717) is 5.56 Å². The van der Waals surface area contributed by atoms with Gasteiger partial charge in [-0.25, -0.2) is 4.39 Å². The zero-order valence-corrected chi connectivity index (χ0v) is 17.6. The Morgan fingerprint density at radius 3 is 2.53 bits per heavy atom. The minimum atomic E-state index is -1.42.